The number of primary amides is 1. The zero-order chi connectivity index (χ0) is 36.3. The molecule has 7 N–H and O–H groups in total. The molecule has 0 saturated carbocycles. The highest BCUT2D eigenvalue weighted by molar-refractivity contribution is 7.98. The average Bonchev–Trinajstić information content (AvgIpc) is 3.07. The van der Waals surface area contributed by atoms with E-state index in [9.17, 15) is 29.1 Å². The Bertz CT molecular complexity index is 1370. The van der Waals surface area contributed by atoms with E-state index in [4.69, 9.17) is 11.5 Å². The van der Waals surface area contributed by atoms with Gasteiger partial charge in [0.1, 0.15) is 17.8 Å². The van der Waals surface area contributed by atoms with Gasteiger partial charge in [-0.05, 0) is 85.9 Å². The summed E-state index contributed by atoms with van der Waals surface area (Å²) in [5.74, 6) is -1.71. The number of phenolic OH excluding ortho intramolecular Hbond substituents is 1. The fraction of sp³-hybridized carbons (Fsp3) is 0.528. The van der Waals surface area contributed by atoms with E-state index in [1.165, 1.54) is 23.8 Å². The molecule has 13 heteroatoms. The molecule has 0 aliphatic heterocycles. The Hall–Kier alpha value is -4.10. The summed E-state index contributed by atoms with van der Waals surface area (Å²) in [6, 6.07) is 9.67. The summed E-state index contributed by atoms with van der Waals surface area (Å²) in [6.45, 7) is 3.53. The van der Waals surface area contributed by atoms with Crippen molar-refractivity contribution < 1.29 is 33.8 Å². The predicted octanol–water partition coefficient (Wildman–Crippen LogP) is 2.67. The Morgan fingerprint density at radius 3 is 2.18 bits per heavy atom. The van der Waals surface area contributed by atoms with Crippen LogP contribution in [0.25, 0.3) is 0 Å². The Labute approximate surface area is 294 Å². The lowest BCUT2D eigenvalue weighted by Crippen LogP contribution is -2.55. The fourth-order valence-electron chi connectivity index (χ4n) is 5.62. The molecule has 0 aromatic heterocycles. The molecule has 0 saturated heterocycles. The zero-order valence-electron chi connectivity index (χ0n) is 29.2. The second-order valence-corrected chi connectivity index (χ2v) is 13.2. The summed E-state index contributed by atoms with van der Waals surface area (Å²) in [7, 11) is 1.36. The van der Waals surface area contributed by atoms with E-state index in [0.717, 1.165) is 41.5 Å². The van der Waals surface area contributed by atoms with Gasteiger partial charge in [-0.2, -0.15) is 11.8 Å². The molecule has 2 rings (SSSR count). The van der Waals surface area contributed by atoms with Crippen LogP contribution in [0.4, 0.5) is 0 Å². The van der Waals surface area contributed by atoms with Crippen LogP contribution in [0.5, 0.6) is 5.75 Å². The van der Waals surface area contributed by atoms with Gasteiger partial charge in [-0.3, -0.25) is 24.0 Å². The molecule has 0 aliphatic carbocycles. The third-order valence-electron chi connectivity index (χ3n) is 8.40. The lowest BCUT2D eigenvalue weighted by atomic mass is 9.96. The first-order chi connectivity index (χ1) is 23.4. The summed E-state index contributed by atoms with van der Waals surface area (Å²) < 4.78 is 4.68. The highest BCUT2D eigenvalue weighted by Gasteiger charge is 2.30. The number of nitrogens with two attached hydrogens (primary N) is 2. The number of unbranched alkanes of at least 4 members (excludes halogenated alkanes) is 4. The number of aromatic hydroxyl groups is 1. The molecule has 0 fully saturated rings. The molecule has 0 radical (unpaired) electrons. The molecule has 3 atom stereocenters. The van der Waals surface area contributed by atoms with Gasteiger partial charge in [-0.1, -0.05) is 49.6 Å². The maximum atomic E-state index is 13.6. The van der Waals surface area contributed by atoms with E-state index in [2.05, 4.69) is 15.4 Å². The Balaban J connectivity index is 2.10. The van der Waals surface area contributed by atoms with Crippen molar-refractivity contribution >= 4 is 41.4 Å². The lowest BCUT2D eigenvalue weighted by Gasteiger charge is -2.30. The quantitative estimate of drug-likeness (QED) is 0.0908. The van der Waals surface area contributed by atoms with Crippen LogP contribution < -0.4 is 22.1 Å². The fourth-order valence-corrected chi connectivity index (χ4v) is 6.09. The number of methoxy groups -OCH3 is 1. The van der Waals surface area contributed by atoms with Crippen molar-refractivity contribution in [2.24, 2.45) is 11.5 Å². The van der Waals surface area contributed by atoms with Gasteiger partial charge in [0.25, 0.3) is 0 Å². The van der Waals surface area contributed by atoms with Crippen LogP contribution in [0.2, 0.25) is 0 Å². The van der Waals surface area contributed by atoms with Crippen molar-refractivity contribution in [2.45, 2.75) is 89.8 Å². The van der Waals surface area contributed by atoms with Crippen LogP contribution in [-0.2, 0) is 41.6 Å². The first kappa shape index (κ1) is 41.1. The maximum absolute atomic E-state index is 13.6. The van der Waals surface area contributed by atoms with Crippen LogP contribution >= 0.6 is 11.8 Å². The highest BCUT2D eigenvalue weighted by Crippen LogP contribution is 2.22. The number of aryl methyl sites for hydroxylation is 2. The predicted molar refractivity (Wildman–Crippen MR) is 192 cm³/mol. The Morgan fingerprint density at radius 1 is 0.939 bits per heavy atom. The van der Waals surface area contributed by atoms with Crippen LogP contribution in [0.1, 0.15) is 67.2 Å². The van der Waals surface area contributed by atoms with Gasteiger partial charge in [0.2, 0.25) is 23.6 Å². The summed E-state index contributed by atoms with van der Waals surface area (Å²) in [5.41, 5.74) is 15.4. The first-order valence-electron chi connectivity index (χ1n) is 16.7. The van der Waals surface area contributed by atoms with E-state index < -0.39 is 41.8 Å². The number of amides is 4. The molecule has 12 nitrogen and oxygen atoms in total. The first-order valence-corrected chi connectivity index (χ1v) is 18.1. The normalized spacial score (nSPS) is 12.8. The summed E-state index contributed by atoms with van der Waals surface area (Å²) in [4.78, 5) is 65.6. The number of phenols is 1. The number of esters is 1. The molecule has 270 valence electrons. The minimum atomic E-state index is -0.946. The number of carbonyl (C=O) groups is 5. The minimum absolute atomic E-state index is 0.133. The number of carbonyl (C=O) groups excluding carboxylic acids is 5. The zero-order valence-corrected chi connectivity index (χ0v) is 30.0. The number of hydrogen-bond donors (Lipinski definition) is 5. The van der Waals surface area contributed by atoms with Crippen molar-refractivity contribution in [1.82, 2.24) is 15.5 Å². The molecular formula is C36H53N5O7S. The second kappa shape index (κ2) is 21.8. The van der Waals surface area contributed by atoms with Crippen LogP contribution in [0.3, 0.4) is 0 Å². The molecule has 2 aromatic rings. The molecule has 4 amide bonds. The number of nitrogens with one attached hydrogen (secondary N) is 2. The second-order valence-electron chi connectivity index (χ2n) is 12.2. The summed E-state index contributed by atoms with van der Waals surface area (Å²) >= 11 is 1.51. The summed E-state index contributed by atoms with van der Waals surface area (Å²) in [6.07, 6.45) is 6.71. The van der Waals surface area contributed by atoms with Crippen molar-refractivity contribution in [3.8, 4) is 5.75 Å². The number of thioether (sulfide) groups is 1. The Kier molecular flexibility index (Phi) is 18.3. The van der Waals surface area contributed by atoms with E-state index in [1.807, 2.05) is 50.4 Å². The molecule has 0 heterocycles. The molecule has 0 unspecified atom stereocenters. The van der Waals surface area contributed by atoms with Gasteiger partial charge in [0.05, 0.1) is 19.7 Å². The lowest BCUT2D eigenvalue weighted by molar-refractivity contribution is -0.140. The number of ether oxygens (including phenoxy) is 1. The SMILES string of the molecule is COC(=O)CCCCCCCN(C(=O)CNC(=O)[C@@H](CCSC)NC(=O)[C@@H](N)Cc1c(C)cc(O)cc1C)[C@@H](Cc1ccccc1)C(N)=O. The van der Waals surface area contributed by atoms with Gasteiger partial charge in [-0.25, -0.2) is 0 Å². The average molecular weight is 700 g/mol. The van der Waals surface area contributed by atoms with E-state index in [-0.39, 0.29) is 37.6 Å². The number of hydrogen-bond acceptors (Lipinski definition) is 9. The molecular weight excluding hydrogens is 646 g/mol. The third-order valence-corrected chi connectivity index (χ3v) is 9.05. The molecule has 49 heavy (non-hydrogen) atoms. The number of rotatable bonds is 22. The largest absolute Gasteiger partial charge is 0.508 e. The molecule has 0 bridgehead atoms. The van der Waals surface area contributed by atoms with E-state index in [1.54, 1.807) is 12.1 Å². The number of benzene rings is 2. The maximum Gasteiger partial charge on any atom is 0.305 e. The van der Waals surface area contributed by atoms with Gasteiger partial charge < -0.3 is 36.8 Å². The van der Waals surface area contributed by atoms with Crippen molar-refractivity contribution in [3.63, 3.8) is 0 Å². The van der Waals surface area contributed by atoms with Gasteiger partial charge in [0, 0.05) is 19.4 Å². The third kappa shape index (κ3) is 14.5. The van der Waals surface area contributed by atoms with Crippen LogP contribution in [0, 0.1) is 13.8 Å². The molecule has 0 spiro atoms. The van der Waals surface area contributed by atoms with Gasteiger partial charge >= 0.3 is 5.97 Å². The van der Waals surface area contributed by atoms with E-state index in [0.29, 0.717) is 31.4 Å². The van der Waals surface area contributed by atoms with Gasteiger partial charge in [0.15, 0.2) is 0 Å². The van der Waals surface area contributed by atoms with Crippen LogP contribution in [0.15, 0.2) is 42.5 Å². The molecule has 2 aromatic carbocycles. The Morgan fingerprint density at radius 2 is 1.57 bits per heavy atom. The van der Waals surface area contributed by atoms with Crippen molar-refractivity contribution in [3.05, 3.63) is 64.7 Å². The van der Waals surface area contributed by atoms with E-state index >= 15 is 0 Å². The molecule has 0 aliphatic rings. The van der Waals surface area contributed by atoms with Gasteiger partial charge in [-0.15, -0.1) is 0 Å². The number of nitrogens with zero attached hydrogens (tertiary/aromatic N) is 1. The van der Waals surface area contributed by atoms with Crippen molar-refractivity contribution in [1.29, 1.82) is 0 Å². The standard InChI is InChI=1S/C36H53N5O7S/c1-24-19-27(42)20-25(2)28(24)22-29(37)35(46)40-30(16-18-49-4)36(47)39-23-32(43)41(17-12-7-5-6-11-15-33(44)48-3)31(34(38)45)21-26-13-9-8-10-14-26/h8-10,13-14,19-20,29-31,42H,5-7,11-12,15-18,21-23,37H2,1-4H3,(H2,38,45)(H,39,47)(H,40,46)/t29-,30+,31-/m0/s1. The monoisotopic (exact) mass is 699 g/mol. The van der Waals surface area contributed by atoms with Crippen LogP contribution in [-0.4, -0.2) is 89.9 Å². The summed E-state index contributed by atoms with van der Waals surface area (Å²) in [5, 5.41) is 15.3. The van der Waals surface area contributed by atoms with Crippen molar-refractivity contribution in [2.75, 3.05) is 32.2 Å². The minimum Gasteiger partial charge on any atom is -0.508 e. The topological polar surface area (TPSA) is 194 Å². The highest BCUT2D eigenvalue weighted by atomic mass is 32.2. The smallest absolute Gasteiger partial charge is 0.305 e.